The molecule has 2 aromatic heterocycles. The van der Waals surface area contributed by atoms with Crippen molar-refractivity contribution in [3.63, 3.8) is 0 Å². The lowest BCUT2D eigenvalue weighted by molar-refractivity contribution is -0.141. The number of aromatic nitrogens is 3. The predicted molar refractivity (Wildman–Crippen MR) is 101 cm³/mol. The summed E-state index contributed by atoms with van der Waals surface area (Å²) in [6.45, 7) is 2.53. The molecular weight excluding hydrogens is 400 g/mol. The van der Waals surface area contributed by atoms with Gasteiger partial charge in [-0.2, -0.15) is 18.3 Å². The second-order valence-electron chi connectivity index (χ2n) is 7.15. The third kappa shape index (κ3) is 3.92. The molecule has 0 fully saturated rings. The Morgan fingerprint density at radius 2 is 1.87 bits per heavy atom. The van der Waals surface area contributed by atoms with Crippen LogP contribution < -0.4 is 0 Å². The van der Waals surface area contributed by atoms with Crippen LogP contribution in [0.4, 0.5) is 17.6 Å². The standard InChI is InChI=1S/C21H18F4N4O/c1-13(30)28-10-9-18-16(12-28)20(17-3-2-4-19(26-17)21(23,24)25)27-29(18)11-14-5-7-15(22)8-6-14/h2-8H,9-12H2,1H3. The van der Waals surface area contributed by atoms with Gasteiger partial charge in [0.2, 0.25) is 5.91 Å². The van der Waals surface area contributed by atoms with E-state index in [2.05, 4.69) is 10.1 Å². The lowest BCUT2D eigenvalue weighted by Gasteiger charge is -2.26. The molecule has 0 saturated carbocycles. The van der Waals surface area contributed by atoms with Crippen LogP contribution in [0.1, 0.15) is 29.4 Å². The minimum atomic E-state index is -4.57. The van der Waals surface area contributed by atoms with Gasteiger partial charge in [0, 0.05) is 37.7 Å². The van der Waals surface area contributed by atoms with Crippen LogP contribution in [0.2, 0.25) is 0 Å². The number of pyridine rings is 1. The molecule has 0 N–H and O–H groups in total. The van der Waals surface area contributed by atoms with Crippen LogP contribution in [0.25, 0.3) is 11.4 Å². The van der Waals surface area contributed by atoms with Gasteiger partial charge in [-0.05, 0) is 29.8 Å². The Balaban J connectivity index is 1.79. The molecule has 4 rings (SSSR count). The van der Waals surface area contributed by atoms with Gasteiger partial charge in [0.25, 0.3) is 0 Å². The average Bonchev–Trinajstić information content (AvgIpc) is 3.07. The van der Waals surface area contributed by atoms with Crippen LogP contribution in [0.5, 0.6) is 0 Å². The SMILES string of the molecule is CC(=O)N1CCc2c(c(-c3cccc(C(F)(F)F)n3)nn2Cc2ccc(F)cc2)C1. The lowest BCUT2D eigenvalue weighted by Crippen LogP contribution is -2.34. The molecule has 0 radical (unpaired) electrons. The fourth-order valence-corrected chi connectivity index (χ4v) is 3.58. The maximum atomic E-state index is 13.2. The van der Waals surface area contributed by atoms with Crippen molar-refractivity contribution in [1.82, 2.24) is 19.7 Å². The smallest absolute Gasteiger partial charge is 0.338 e. The van der Waals surface area contributed by atoms with Gasteiger partial charge in [-0.15, -0.1) is 0 Å². The first-order valence-corrected chi connectivity index (χ1v) is 9.35. The van der Waals surface area contributed by atoms with Crippen molar-refractivity contribution in [2.75, 3.05) is 6.54 Å². The highest BCUT2D eigenvalue weighted by Gasteiger charge is 2.33. The number of benzene rings is 1. The van der Waals surface area contributed by atoms with E-state index in [1.54, 1.807) is 21.7 Å². The Kier molecular flexibility index (Phi) is 5.05. The van der Waals surface area contributed by atoms with Crippen LogP contribution in [0, 0.1) is 5.82 Å². The van der Waals surface area contributed by atoms with E-state index in [1.807, 2.05) is 0 Å². The third-order valence-electron chi connectivity index (χ3n) is 5.11. The van der Waals surface area contributed by atoms with E-state index in [-0.39, 0.29) is 24.0 Å². The van der Waals surface area contributed by atoms with Crippen molar-refractivity contribution >= 4 is 5.91 Å². The number of hydrogen-bond donors (Lipinski definition) is 0. The number of carbonyl (C=O) groups is 1. The molecule has 0 spiro atoms. The second kappa shape index (κ2) is 7.55. The first-order valence-electron chi connectivity index (χ1n) is 9.35. The van der Waals surface area contributed by atoms with E-state index in [0.717, 1.165) is 17.3 Å². The van der Waals surface area contributed by atoms with Crippen molar-refractivity contribution in [2.45, 2.75) is 32.6 Å². The summed E-state index contributed by atoms with van der Waals surface area (Å²) in [7, 11) is 0. The summed E-state index contributed by atoms with van der Waals surface area (Å²) in [6, 6.07) is 9.64. The molecule has 1 aliphatic heterocycles. The molecule has 0 unspecified atom stereocenters. The fourth-order valence-electron chi connectivity index (χ4n) is 3.58. The van der Waals surface area contributed by atoms with E-state index in [9.17, 15) is 22.4 Å². The summed E-state index contributed by atoms with van der Waals surface area (Å²) in [5, 5.41) is 4.55. The van der Waals surface area contributed by atoms with Crippen LogP contribution >= 0.6 is 0 Å². The molecule has 1 aliphatic rings. The molecule has 30 heavy (non-hydrogen) atoms. The van der Waals surface area contributed by atoms with Crippen LogP contribution in [-0.4, -0.2) is 32.1 Å². The molecule has 9 heteroatoms. The van der Waals surface area contributed by atoms with Crippen LogP contribution in [0.3, 0.4) is 0 Å². The molecule has 3 aromatic rings. The summed E-state index contributed by atoms with van der Waals surface area (Å²) in [5.74, 6) is -0.470. The second-order valence-corrected chi connectivity index (χ2v) is 7.15. The highest BCUT2D eigenvalue weighted by Crippen LogP contribution is 2.33. The Bertz CT molecular complexity index is 1090. The molecule has 0 bridgehead atoms. The number of fused-ring (bicyclic) bond motifs is 1. The third-order valence-corrected chi connectivity index (χ3v) is 5.11. The molecule has 156 valence electrons. The molecule has 0 aliphatic carbocycles. The minimum absolute atomic E-state index is 0.101. The van der Waals surface area contributed by atoms with Gasteiger partial charge in [0.1, 0.15) is 17.2 Å². The van der Waals surface area contributed by atoms with E-state index in [1.165, 1.54) is 31.2 Å². The number of halogens is 4. The predicted octanol–water partition coefficient (Wildman–Crippen LogP) is 4.06. The first-order chi connectivity index (χ1) is 14.2. The molecule has 0 atom stereocenters. The van der Waals surface area contributed by atoms with E-state index in [4.69, 9.17) is 0 Å². The van der Waals surface area contributed by atoms with Gasteiger partial charge >= 0.3 is 6.18 Å². The monoisotopic (exact) mass is 418 g/mol. The van der Waals surface area contributed by atoms with Crippen LogP contribution in [-0.2, 0) is 30.5 Å². The first kappa shape index (κ1) is 20.1. The van der Waals surface area contributed by atoms with Crippen molar-refractivity contribution in [3.05, 3.63) is 70.8 Å². The topological polar surface area (TPSA) is 51.0 Å². The van der Waals surface area contributed by atoms with Gasteiger partial charge in [-0.1, -0.05) is 18.2 Å². The number of amides is 1. The summed E-state index contributed by atoms with van der Waals surface area (Å²) >= 11 is 0. The number of nitrogens with zero attached hydrogens (tertiary/aromatic N) is 4. The number of alkyl halides is 3. The van der Waals surface area contributed by atoms with Gasteiger partial charge < -0.3 is 4.90 Å². The quantitative estimate of drug-likeness (QED) is 0.603. The van der Waals surface area contributed by atoms with Gasteiger partial charge in [0.15, 0.2) is 0 Å². The zero-order valence-electron chi connectivity index (χ0n) is 16.1. The summed E-state index contributed by atoms with van der Waals surface area (Å²) in [6.07, 6.45) is -4.06. The number of carbonyl (C=O) groups excluding carboxylic acids is 1. The Hall–Kier alpha value is -3.23. The largest absolute Gasteiger partial charge is 0.433 e. The van der Waals surface area contributed by atoms with Crippen molar-refractivity contribution in [3.8, 4) is 11.4 Å². The molecular formula is C21H18F4N4O. The van der Waals surface area contributed by atoms with Crippen molar-refractivity contribution in [2.24, 2.45) is 0 Å². The van der Waals surface area contributed by atoms with E-state index < -0.39 is 11.9 Å². The van der Waals surface area contributed by atoms with Crippen molar-refractivity contribution in [1.29, 1.82) is 0 Å². The fraction of sp³-hybridized carbons (Fsp3) is 0.286. The lowest BCUT2D eigenvalue weighted by atomic mass is 10.0. The molecule has 1 amide bonds. The summed E-state index contributed by atoms with van der Waals surface area (Å²) in [4.78, 5) is 17.3. The average molecular weight is 418 g/mol. The summed E-state index contributed by atoms with van der Waals surface area (Å²) < 4.78 is 54.4. The maximum Gasteiger partial charge on any atom is 0.433 e. The Labute approximate surface area is 170 Å². The van der Waals surface area contributed by atoms with E-state index >= 15 is 0 Å². The molecule has 5 nitrogen and oxygen atoms in total. The highest BCUT2D eigenvalue weighted by molar-refractivity contribution is 5.74. The highest BCUT2D eigenvalue weighted by atomic mass is 19.4. The molecule has 3 heterocycles. The normalized spacial score (nSPS) is 14.0. The van der Waals surface area contributed by atoms with Crippen molar-refractivity contribution < 1.29 is 22.4 Å². The van der Waals surface area contributed by atoms with Crippen LogP contribution in [0.15, 0.2) is 42.5 Å². The van der Waals surface area contributed by atoms with Gasteiger partial charge in [0.05, 0.1) is 12.2 Å². The zero-order chi connectivity index (χ0) is 21.5. The molecule has 1 aromatic carbocycles. The molecule has 0 saturated heterocycles. The Morgan fingerprint density at radius 3 is 2.53 bits per heavy atom. The minimum Gasteiger partial charge on any atom is -0.338 e. The van der Waals surface area contributed by atoms with Gasteiger partial charge in [-0.25, -0.2) is 9.37 Å². The summed E-state index contributed by atoms with van der Waals surface area (Å²) in [5.41, 5.74) is 1.75. The van der Waals surface area contributed by atoms with E-state index in [0.29, 0.717) is 30.8 Å². The van der Waals surface area contributed by atoms with Gasteiger partial charge in [-0.3, -0.25) is 9.48 Å². The number of hydrogen-bond acceptors (Lipinski definition) is 3. The maximum absolute atomic E-state index is 13.2. The number of rotatable bonds is 3. The Morgan fingerprint density at radius 1 is 1.13 bits per heavy atom. The zero-order valence-corrected chi connectivity index (χ0v) is 16.1.